The first-order chi connectivity index (χ1) is 10.6. The second-order valence-electron chi connectivity index (χ2n) is 4.81. The number of aromatic nitrogens is 4. The number of rotatable bonds is 5. The second-order valence-corrected chi connectivity index (χ2v) is 4.81. The first-order valence-corrected chi connectivity index (χ1v) is 6.78. The molecule has 3 aromatic heterocycles. The van der Waals surface area contributed by atoms with Crippen LogP contribution in [-0.4, -0.2) is 25.9 Å². The van der Waals surface area contributed by atoms with Crippen molar-refractivity contribution in [2.45, 2.75) is 19.8 Å². The minimum atomic E-state index is -0.155. The molecule has 0 aliphatic rings. The predicted molar refractivity (Wildman–Crippen MR) is 76.9 cm³/mol. The van der Waals surface area contributed by atoms with E-state index in [1.807, 2.05) is 6.92 Å². The molecule has 0 aliphatic carbocycles. The Morgan fingerprint density at radius 1 is 1.36 bits per heavy atom. The largest absolute Gasteiger partial charge is 0.469 e. The molecule has 1 N–H and O–H groups in total. The molecule has 1 amide bonds. The summed E-state index contributed by atoms with van der Waals surface area (Å²) >= 11 is 0. The molecule has 3 heterocycles. The number of furan rings is 1. The lowest BCUT2D eigenvalue weighted by atomic mass is 10.2. The summed E-state index contributed by atoms with van der Waals surface area (Å²) in [7, 11) is 1.79. The maximum atomic E-state index is 11.8. The molecule has 0 bridgehead atoms. The van der Waals surface area contributed by atoms with Gasteiger partial charge in [0.15, 0.2) is 5.82 Å². The fraction of sp³-hybridized carbons (Fsp3) is 0.286. The Morgan fingerprint density at radius 3 is 2.91 bits per heavy atom. The summed E-state index contributed by atoms with van der Waals surface area (Å²) in [6, 6.07) is 3.49. The van der Waals surface area contributed by atoms with E-state index in [-0.39, 0.29) is 12.3 Å². The van der Waals surface area contributed by atoms with Crippen molar-refractivity contribution in [1.82, 2.24) is 20.0 Å². The summed E-state index contributed by atoms with van der Waals surface area (Å²) in [5, 5.41) is 14.7. The van der Waals surface area contributed by atoms with Crippen LogP contribution in [0.3, 0.4) is 0 Å². The zero-order valence-corrected chi connectivity index (χ0v) is 12.2. The van der Waals surface area contributed by atoms with Gasteiger partial charge in [0, 0.05) is 32.2 Å². The third-order valence-electron chi connectivity index (χ3n) is 3.10. The lowest BCUT2D eigenvalue weighted by Crippen LogP contribution is -2.13. The van der Waals surface area contributed by atoms with E-state index < -0.39 is 0 Å². The zero-order valence-electron chi connectivity index (χ0n) is 12.2. The minimum Gasteiger partial charge on any atom is -0.469 e. The van der Waals surface area contributed by atoms with Gasteiger partial charge in [0.25, 0.3) is 5.89 Å². The molecule has 0 spiro atoms. The number of hydrogen-bond acceptors (Lipinski definition) is 6. The van der Waals surface area contributed by atoms with Gasteiger partial charge in [-0.15, -0.1) is 10.2 Å². The standard InChI is InChI=1S/C14H15N5O3/c1-9-10(6-8-21-9)14-17-16-13(22-14)4-3-12(20)15-11-5-7-19(2)18-11/h5-8H,3-4H2,1-2H3,(H,15,18,20). The number of hydrogen-bond donors (Lipinski definition) is 1. The molecule has 0 fully saturated rings. The number of anilines is 1. The van der Waals surface area contributed by atoms with Crippen LogP contribution in [0.25, 0.3) is 11.5 Å². The maximum Gasteiger partial charge on any atom is 0.251 e. The number of nitrogens with one attached hydrogen (secondary N) is 1. The van der Waals surface area contributed by atoms with E-state index in [1.165, 1.54) is 0 Å². The Bertz CT molecular complexity index is 786. The summed E-state index contributed by atoms with van der Waals surface area (Å²) in [6.07, 6.45) is 3.92. The van der Waals surface area contributed by atoms with E-state index >= 15 is 0 Å². The summed E-state index contributed by atoms with van der Waals surface area (Å²) in [4.78, 5) is 11.8. The Hall–Kier alpha value is -2.90. The van der Waals surface area contributed by atoms with Crippen LogP contribution in [0.1, 0.15) is 18.1 Å². The van der Waals surface area contributed by atoms with Crippen molar-refractivity contribution in [1.29, 1.82) is 0 Å². The average molecular weight is 301 g/mol. The van der Waals surface area contributed by atoms with Crippen LogP contribution in [0.4, 0.5) is 5.82 Å². The topological polar surface area (TPSA) is 99.0 Å². The van der Waals surface area contributed by atoms with E-state index in [1.54, 1.807) is 36.3 Å². The Morgan fingerprint density at radius 2 is 2.23 bits per heavy atom. The molecule has 3 aromatic rings. The molecule has 0 atom stereocenters. The molecule has 0 saturated heterocycles. The monoisotopic (exact) mass is 301 g/mol. The van der Waals surface area contributed by atoms with Crippen molar-refractivity contribution in [2.75, 3.05) is 5.32 Å². The molecular formula is C14H15N5O3. The lowest BCUT2D eigenvalue weighted by molar-refractivity contribution is -0.116. The van der Waals surface area contributed by atoms with Crippen LogP contribution in [-0.2, 0) is 18.3 Å². The van der Waals surface area contributed by atoms with Gasteiger partial charge in [-0.3, -0.25) is 9.48 Å². The van der Waals surface area contributed by atoms with E-state index in [0.717, 1.165) is 5.56 Å². The molecule has 0 saturated carbocycles. The van der Waals surface area contributed by atoms with E-state index in [9.17, 15) is 4.79 Å². The highest BCUT2D eigenvalue weighted by Crippen LogP contribution is 2.23. The van der Waals surface area contributed by atoms with Crippen molar-refractivity contribution in [3.63, 3.8) is 0 Å². The van der Waals surface area contributed by atoms with Crippen molar-refractivity contribution in [3.8, 4) is 11.5 Å². The Balaban J connectivity index is 1.57. The molecule has 114 valence electrons. The van der Waals surface area contributed by atoms with Crippen LogP contribution in [0, 0.1) is 6.92 Å². The van der Waals surface area contributed by atoms with Gasteiger partial charge in [-0.05, 0) is 13.0 Å². The first kappa shape index (κ1) is 14.1. The maximum absolute atomic E-state index is 11.8. The normalized spacial score (nSPS) is 10.8. The summed E-state index contributed by atoms with van der Waals surface area (Å²) in [5.74, 6) is 1.88. The van der Waals surface area contributed by atoms with Crippen molar-refractivity contribution in [3.05, 3.63) is 36.2 Å². The molecule has 8 heteroatoms. The number of aryl methyl sites for hydroxylation is 3. The van der Waals surface area contributed by atoms with Crippen LogP contribution >= 0.6 is 0 Å². The number of carbonyl (C=O) groups excluding carboxylic acids is 1. The van der Waals surface area contributed by atoms with Gasteiger partial charge in [0.1, 0.15) is 5.76 Å². The van der Waals surface area contributed by atoms with Crippen molar-refractivity contribution in [2.24, 2.45) is 7.05 Å². The van der Waals surface area contributed by atoms with Gasteiger partial charge in [0.05, 0.1) is 11.8 Å². The zero-order chi connectivity index (χ0) is 15.5. The smallest absolute Gasteiger partial charge is 0.251 e. The van der Waals surface area contributed by atoms with E-state index in [4.69, 9.17) is 8.83 Å². The van der Waals surface area contributed by atoms with Crippen molar-refractivity contribution < 1.29 is 13.6 Å². The third kappa shape index (κ3) is 3.05. The highest BCUT2D eigenvalue weighted by molar-refractivity contribution is 5.89. The van der Waals surface area contributed by atoms with Crippen LogP contribution < -0.4 is 5.32 Å². The molecule has 3 rings (SSSR count). The highest BCUT2D eigenvalue weighted by Gasteiger charge is 2.14. The molecule has 22 heavy (non-hydrogen) atoms. The SMILES string of the molecule is Cc1occc1-c1nnc(CCC(=O)Nc2ccn(C)n2)o1. The number of nitrogens with zero attached hydrogens (tertiary/aromatic N) is 4. The summed E-state index contributed by atoms with van der Waals surface area (Å²) in [5.41, 5.74) is 0.761. The van der Waals surface area contributed by atoms with Gasteiger partial charge < -0.3 is 14.2 Å². The Kier molecular flexibility index (Phi) is 3.73. The van der Waals surface area contributed by atoms with Crippen LogP contribution in [0.2, 0.25) is 0 Å². The quantitative estimate of drug-likeness (QED) is 0.773. The third-order valence-corrected chi connectivity index (χ3v) is 3.10. The summed E-state index contributed by atoms with van der Waals surface area (Å²) < 4.78 is 12.3. The van der Waals surface area contributed by atoms with Gasteiger partial charge in [-0.1, -0.05) is 0 Å². The highest BCUT2D eigenvalue weighted by atomic mass is 16.4. The minimum absolute atomic E-state index is 0.155. The average Bonchev–Trinajstić information content (AvgIpc) is 3.18. The molecule has 0 aromatic carbocycles. The molecule has 0 aliphatic heterocycles. The second kappa shape index (κ2) is 5.84. The van der Waals surface area contributed by atoms with E-state index in [2.05, 4.69) is 20.6 Å². The fourth-order valence-electron chi connectivity index (χ4n) is 1.98. The predicted octanol–water partition coefficient (Wildman–Crippen LogP) is 1.94. The van der Waals surface area contributed by atoms with E-state index in [0.29, 0.717) is 29.8 Å². The Labute approximate surface area is 126 Å². The van der Waals surface area contributed by atoms with Crippen LogP contribution in [0.5, 0.6) is 0 Å². The first-order valence-electron chi connectivity index (χ1n) is 6.78. The van der Waals surface area contributed by atoms with Crippen LogP contribution in [0.15, 0.2) is 33.4 Å². The van der Waals surface area contributed by atoms with Gasteiger partial charge in [-0.2, -0.15) is 5.10 Å². The number of carbonyl (C=O) groups is 1. The van der Waals surface area contributed by atoms with Crippen molar-refractivity contribution >= 4 is 11.7 Å². The molecule has 0 radical (unpaired) electrons. The molecular weight excluding hydrogens is 286 g/mol. The van der Waals surface area contributed by atoms with Gasteiger partial charge in [-0.25, -0.2) is 0 Å². The molecule has 8 nitrogen and oxygen atoms in total. The lowest BCUT2D eigenvalue weighted by Gasteiger charge is -1.99. The van der Waals surface area contributed by atoms with Gasteiger partial charge in [0.2, 0.25) is 11.8 Å². The van der Waals surface area contributed by atoms with Gasteiger partial charge >= 0.3 is 0 Å². The molecule has 0 unspecified atom stereocenters. The number of amides is 1. The summed E-state index contributed by atoms with van der Waals surface area (Å²) in [6.45, 7) is 1.82. The fourth-order valence-corrected chi connectivity index (χ4v) is 1.98.